The lowest BCUT2D eigenvalue weighted by atomic mass is 9.98. The average Bonchev–Trinajstić information content (AvgIpc) is 2.47. The summed E-state index contributed by atoms with van der Waals surface area (Å²) < 4.78 is 5.10. The smallest absolute Gasteiger partial charge is 0.310 e. The van der Waals surface area contributed by atoms with E-state index in [1.807, 2.05) is 25.7 Å². The molecule has 0 bridgehead atoms. The number of hydrogen-bond donors (Lipinski definition) is 1. The molecule has 1 aromatic heterocycles. The normalized spacial score (nSPS) is 18.9. The fourth-order valence-electron chi connectivity index (χ4n) is 2.54. The average molecular weight is 293 g/mol. The van der Waals surface area contributed by atoms with Crippen molar-refractivity contribution in [3.63, 3.8) is 0 Å². The Bertz CT molecular complexity index is 553. The van der Waals surface area contributed by atoms with Crippen LogP contribution in [0.1, 0.15) is 45.4 Å². The number of nitrogens with zero attached hydrogens (tertiary/aromatic N) is 2. The topological polar surface area (TPSA) is 75.3 Å². The summed E-state index contributed by atoms with van der Waals surface area (Å²) in [6, 6.07) is 1.50. The summed E-state index contributed by atoms with van der Waals surface area (Å²) in [5.74, 6) is 1.19. The fourth-order valence-corrected chi connectivity index (χ4v) is 2.54. The number of ether oxygens (including phenoxy) is 1. The van der Waals surface area contributed by atoms with E-state index in [0.717, 1.165) is 19.4 Å². The first-order valence-electron chi connectivity index (χ1n) is 7.54. The van der Waals surface area contributed by atoms with Crippen molar-refractivity contribution < 1.29 is 9.53 Å². The Morgan fingerprint density at radius 2 is 2.33 bits per heavy atom. The van der Waals surface area contributed by atoms with E-state index in [9.17, 15) is 9.59 Å². The molecule has 1 atom stereocenters. The number of H-pyrrole nitrogens is 1. The second kappa shape index (κ2) is 6.74. The molecule has 1 fully saturated rings. The van der Waals surface area contributed by atoms with Gasteiger partial charge in [-0.2, -0.15) is 0 Å². The minimum atomic E-state index is -0.156. The Hall–Kier alpha value is -1.85. The van der Waals surface area contributed by atoms with Gasteiger partial charge in [0.25, 0.3) is 5.56 Å². The lowest BCUT2D eigenvalue weighted by molar-refractivity contribution is -0.148. The maximum atomic E-state index is 11.9. The van der Waals surface area contributed by atoms with Crippen LogP contribution < -0.4 is 10.5 Å². The number of carbonyl (C=O) groups excluding carboxylic acids is 1. The van der Waals surface area contributed by atoms with Gasteiger partial charge >= 0.3 is 5.97 Å². The van der Waals surface area contributed by atoms with E-state index in [0.29, 0.717) is 24.8 Å². The Balaban J connectivity index is 2.18. The molecular formula is C15H23N3O3. The highest BCUT2D eigenvalue weighted by molar-refractivity contribution is 5.73. The number of carbonyl (C=O) groups is 1. The summed E-state index contributed by atoms with van der Waals surface area (Å²) in [6.45, 7) is 7.55. The second-order valence-corrected chi connectivity index (χ2v) is 5.68. The largest absolute Gasteiger partial charge is 0.466 e. The minimum Gasteiger partial charge on any atom is -0.466 e. The summed E-state index contributed by atoms with van der Waals surface area (Å²) >= 11 is 0. The molecule has 1 aromatic rings. The van der Waals surface area contributed by atoms with E-state index in [-0.39, 0.29) is 23.4 Å². The monoisotopic (exact) mass is 293 g/mol. The van der Waals surface area contributed by atoms with E-state index >= 15 is 0 Å². The molecule has 0 amide bonds. The van der Waals surface area contributed by atoms with Crippen molar-refractivity contribution in [3.8, 4) is 0 Å². The van der Waals surface area contributed by atoms with Gasteiger partial charge in [-0.25, -0.2) is 4.98 Å². The highest BCUT2D eigenvalue weighted by Crippen LogP contribution is 2.22. The van der Waals surface area contributed by atoms with Crippen molar-refractivity contribution in [2.75, 3.05) is 24.6 Å². The molecule has 1 aliphatic heterocycles. The SMILES string of the molecule is CCOC(=O)C1CCCN(c2cc(=O)[nH]c(C(C)C)n2)C1. The van der Waals surface area contributed by atoms with Gasteiger partial charge in [-0.05, 0) is 19.8 Å². The third kappa shape index (κ3) is 3.83. The lowest BCUT2D eigenvalue weighted by Crippen LogP contribution is -2.40. The van der Waals surface area contributed by atoms with Gasteiger partial charge in [0.1, 0.15) is 11.6 Å². The molecule has 1 N–H and O–H groups in total. The second-order valence-electron chi connectivity index (χ2n) is 5.68. The zero-order chi connectivity index (χ0) is 15.4. The number of anilines is 1. The van der Waals surface area contributed by atoms with Crippen LogP contribution in [0.25, 0.3) is 0 Å². The summed E-state index contributed by atoms with van der Waals surface area (Å²) in [5, 5.41) is 0. The van der Waals surface area contributed by atoms with Gasteiger partial charge in [-0.1, -0.05) is 13.8 Å². The highest BCUT2D eigenvalue weighted by Gasteiger charge is 2.27. The summed E-state index contributed by atoms with van der Waals surface area (Å²) in [7, 11) is 0. The number of hydrogen-bond acceptors (Lipinski definition) is 5. The minimum absolute atomic E-state index is 0.137. The molecule has 0 aromatic carbocycles. The van der Waals surface area contributed by atoms with Crippen molar-refractivity contribution >= 4 is 11.8 Å². The molecule has 6 heteroatoms. The van der Waals surface area contributed by atoms with Gasteiger partial charge in [-0.3, -0.25) is 9.59 Å². The van der Waals surface area contributed by atoms with E-state index in [4.69, 9.17) is 4.74 Å². The summed E-state index contributed by atoms with van der Waals surface area (Å²) in [5.41, 5.74) is -0.151. The van der Waals surface area contributed by atoms with Gasteiger partial charge in [0, 0.05) is 25.1 Å². The summed E-state index contributed by atoms with van der Waals surface area (Å²) in [6.07, 6.45) is 1.73. The maximum Gasteiger partial charge on any atom is 0.310 e. The zero-order valence-corrected chi connectivity index (χ0v) is 12.9. The van der Waals surface area contributed by atoms with Crippen molar-refractivity contribution in [1.29, 1.82) is 0 Å². The number of rotatable bonds is 4. The predicted octanol–water partition coefficient (Wildman–Crippen LogP) is 1.67. The number of nitrogens with one attached hydrogen (secondary N) is 1. The fraction of sp³-hybridized carbons (Fsp3) is 0.667. The molecule has 0 radical (unpaired) electrons. The van der Waals surface area contributed by atoms with E-state index < -0.39 is 0 Å². The van der Waals surface area contributed by atoms with Crippen molar-refractivity contribution in [3.05, 3.63) is 22.2 Å². The maximum absolute atomic E-state index is 11.9. The molecule has 6 nitrogen and oxygen atoms in total. The van der Waals surface area contributed by atoms with Gasteiger partial charge in [0.2, 0.25) is 0 Å². The van der Waals surface area contributed by atoms with Crippen LogP contribution in [0, 0.1) is 5.92 Å². The van der Waals surface area contributed by atoms with Crippen molar-refractivity contribution in [1.82, 2.24) is 9.97 Å². The number of aromatic amines is 1. The van der Waals surface area contributed by atoms with Crippen molar-refractivity contribution in [2.24, 2.45) is 5.92 Å². The molecule has 21 heavy (non-hydrogen) atoms. The predicted molar refractivity (Wildman–Crippen MR) is 80.5 cm³/mol. The molecule has 1 saturated heterocycles. The first-order valence-corrected chi connectivity index (χ1v) is 7.54. The Morgan fingerprint density at radius 1 is 1.57 bits per heavy atom. The molecular weight excluding hydrogens is 270 g/mol. The first-order chi connectivity index (χ1) is 10.0. The molecule has 2 heterocycles. The van der Waals surface area contributed by atoms with Gasteiger partial charge in [-0.15, -0.1) is 0 Å². The molecule has 1 aliphatic rings. The molecule has 116 valence electrons. The van der Waals surface area contributed by atoms with Crippen LogP contribution >= 0.6 is 0 Å². The number of piperidine rings is 1. The van der Waals surface area contributed by atoms with Crippen LogP contribution in [-0.2, 0) is 9.53 Å². The van der Waals surface area contributed by atoms with Crippen LogP contribution in [0.4, 0.5) is 5.82 Å². The molecule has 2 rings (SSSR count). The van der Waals surface area contributed by atoms with Crippen LogP contribution in [0.3, 0.4) is 0 Å². The summed E-state index contributed by atoms with van der Waals surface area (Å²) in [4.78, 5) is 32.9. The Morgan fingerprint density at radius 3 is 3.00 bits per heavy atom. The van der Waals surface area contributed by atoms with Crippen LogP contribution in [0.15, 0.2) is 10.9 Å². The third-order valence-corrected chi connectivity index (χ3v) is 3.66. The van der Waals surface area contributed by atoms with Crippen LogP contribution in [-0.4, -0.2) is 35.6 Å². The number of aromatic nitrogens is 2. The van der Waals surface area contributed by atoms with Gasteiger partial charge in [0.15, 0.2) is 0 Å². The molecule has 1 unspecified atom stereocenters. The lowest BCUT2D eigenvalue weighted by Gasteiger charge is -2.32. The Labute approximate surface area is 124 Å². The number of esters is 1. The Kier molecular flexibility index (Phi) is 4.98. The van der Waals surface area contributed by atoms with E-state index in [1.165, 1.54) is 6.07 Å². The van der Waals surface area contributed by atoms with Crippen LogP contribution in [0.5, 0.6) is 0 Å². The third-order valence-electron chi connectivity index (χ3n) is 3.66. The van der Waals surface area contributed by atoms with Crippen molar-refractivity contribution in [2.45, 2.75) is 39.5 Å². The van der Waals surface area contributed by atoms with E-state index in [1.54, 1.807) is 0 Å². The quantitative estimate of drug-likeness (QED) is 0.855. The zero-order valence-electron chi connectivity index (χ0n) is 12.9. The van der Waals surface area contributed by atoms with Gasteiger partial charge < -0.3 is 14.6 Å². The van der Waals surface area contributed by atoms with Crippen LogP contribution in [0.2, 0.25) is 0 Å². The van der Waals surface area contributed by atoms with E-state index in [2.05, 4.69) is 9.97 Å². The van der Waals surface area contributed by atoms with Gasteiger partial charge in [0.05, 0.1) is 12.5 Å². The molecule has 0 aliphatic carbocycles. The standard InChI is InChI=1S/C15H23N3O3/c1-4-21-15(20)11-6-5-7-18(9-11)12-8-13(19)17-14(16-12)10(2)3/h8,10-11H,4-7,9H2,1-3H3,(H,16,17,19). The highest BCUT2D eigenvalue weighted by atomic mass is 16.5. The molecule has 0 spiro atoms. The molecule has 0 saturated carbocycles. The first kappa shape index (κ1) is 15.5.